The highest BCUT2D eigenvalue weighted by Crippen LogP contribution is 2.15. The summed E-state index contributed by atoms with van der Waals surface area (Å²) in [4.78, 5) is 11.1. The first-order valence-corrected chi connectivity index (χ1v) is 5.19. The van der Waals surface area contributed by atoms with Gasteiger partial charge in [0.05, 0.1) is 7.11 Å². The Kier molecular flexibility index (Phi) is 3.82. The van der Waals surface area contributed by atoms with E-state index in [0.717, 1.165) is 6.42 Å². The first kappa shape index (κ1) is 12.4. The molecule has 5 nitrogen and oxygen atoms in total. The highest BCUT2D eigenvalue weighted by atomic mass is 16.5. The zero-order valence-electron chi connectivity index (χ0n) is 10.1. The summed E-state index contributed by atoms with van der Waals surface area (Å²) in [7, 11) is 1.32. The topological polar surface area (TPSA) is 64.1 Å². The van der Waals surface area contributed by atoms with Gasteiger partial charge in [0.25, 0.3) is 0 Å². The van der Waals surface area contributed by atoms with Gasteiger partial charge in [-0.25, -0.2) is 4.79 Å². The average Bonchev–Trinajstić information content (AvgIpc) is 2.28. The van der Waals surface area contributed by atoms with Crippen molar-refractivity contribution in [2.75, 3.05) is 12.4 Å². The molecule has 1 aromatic rings. The summed E-state index contributed by atoms with van der Waals surface area (Å²) in [6.45, 7) is 6.23. The van der Waals surface area contributed by atoms with E-state index in [1.165, 1.54) is 7.11 Å². The van der Waals surface area contributed by atoms with Gasteiger partial charge in [0, 0.05) is 5.54 Å². The normalized spacial score (nSPS) is 11.0. The lowest BCUT2D eigenvalue weighted by molar-refractivity contribution is 0.0593. The number of hydrogen-bond donors (Lipinski definition) is 1. The molecule has 0 aliphatic rings. The number of carbonyl (C=O) groups is 1. The van der Waals surface area contributed by atoms with Gasteiger partial charge in [-0.3, -0.25) is 0 Å². The first-order valence-electron chi connectivity index (χ1n) is 5.19. The van der Waals surface area contributed by atoms with Crippen molar-refractivity contribution in [3.8, 4) is 0 Å². The molecule has 0 aromatic carbocycles. The molecule has 1 rings (SSSR count). The smallest absolute Gasteiger partial charge is 0.358 e. The minimum Gasteiger partial charge on any atom is -0.464 e. The van der Waals surface area contributed by atoms with Crippen LogP contribution in [0.3, 0.4) is 0 Å². The van der Waals surface area contributed by atoms with Gasteiger partial charge in [0.2, 0.25) is 0 Å². The molecular formula is C11H17N3O2. The van der Waals surface area contributed by atoms with Gasteiger partial charge in [0.15, 0.2) is 5.69 Å². The van der Waals surface area contributed by atoms with Crippen LogP contribution >= 0.6 is 0 Å². The zero-order chi connectivity index (χ0) is 12.2. The second kappa shape index (κ2) is 4.92. The molecule has 0 atom stereocenters. The van der Waals surface area contributed by atoms with E-state index in [9.17, 15) is 4.79 Å². The lowest BCUT2D eigenvalue weighted by Crippen LogP contribution is -2.30. The van der Waals surface area contributed by atoms with Crippen molar-refractivity contribution in [3.05, 3.63) is 17.8 Å². The number of methoxy groups -OCH3 is 1. The molecule has 16 heavy (non-hydrogen) atoms. The SMILES string of the molecule is CCC(C)(C)Nc1ccc(C(=O)OC)nn1. The Morgan fingerprint density at radius 1 is 1.44 bits per heavy atom. The highest BCUT2D eigenvalue weighted by molar-refractivity contribution is 5.86. The number of anilines is 1. The fraction of sp³-hybridized carbons (Fsp3) is 0.545. The van der Waals surface area contributed by atoms with Crippen molar-refractivity contribution in [2.24, 2.45) is 0 Å². The number of hydrogen-bond acceptors (Lipinski definition) is 5. The summed E-state index contributed by atoms with van der Waals surface area (Å²) < 4.78 is 4.54. The molecule has 0 amide bonds. The second-order valence-electron chi connectivity index (χ2n) is 4.16. The number of nitrogens with one attached hydrogen (secondary N) is 1. The molecule has 1 aromatic heterocycles. The van der Waals surface area contributed by atoms with Gasteiger partial charge in [-0.2, -0.15) is 0 Å². The summed E-state index contributed by atoms with van der Waals surface area (Å²) in [5.74, 6) is 0.174. The molecule has 0 fully saturated rings. The summed E-state index contributed by atoms with van der Waals surface area (Å²) >= 11 is 0. The summed E-state index contributed by atoms with van der Waals surface area (Å²) in [5.41, 5.74) is 0.170. The Hall–Kier alpha value is -1.65. The zero-order valence-corrected chi connectivity index (χ0v) is 10.1. The van der Waals surface area contributed by atoms with Crippen molar-refractivity contribution in [1.82, 2.24) is 10.2 Å². The van der Waals surface area contributed by atoms with E-state index in [4.69, 9.17) is 0 Å². The fourth-order valence-corrected chi connectivity index (χ4v) is 1.05. The molecule has 0 spiro atoms. The van der Waals surface area contributed by atoms with Crippen LogP contribution in [0.15, 0.2) is 12.1 Å². The van der Waals surface area contributed by atoms with E-state index >= 15 is 0 Å². The van der Waals surface area contributed by atoms with Crippen LogP contribution in [0.1, 0.15) is 37.7 Å². The number of esters is 1. The molecular weight excluding hydrogens is 206 g/mol. The van der Waals surface area contributed by atoms with Gasteiger partial charge >= 0.3 is 5.97 Å². The maximum absolute atomic E-state index is 11.1. The van der Waals surface area contributed by atoms with E-state index in [-0.39, 0.29) is 11.2 Å². The van der Waals surface area contributed by atoms with Crippen LogP contribution in [0.5, 0.6) is 0 Å². The Balaban J connectivity index is 2.76. The van der Waals surface area contributed by atoms with E-state index in [1.807, 2.05) is 0 Å². The van der Waals surface area contributed by atoms with E-state index in [2.05, 4.69) is 41.0 Å². The van der Waals surface area contributed by atoms with Gasteiger partial charge < -0.3 is 10.1 Å². The third-order valence-corrected chi connectivity index (χ3v) is 2.41. The molecule has 0 unspecified atom stereocenters. The van der Waals surface area contributed by atoms with Crippen LogP contribution in [-0.4, -0.2) is 28.8 Å². The maximum atomic E-state index is 11.1. The first-order chi connectivity index (χ1) is 7.48. The number of nitrogens with zero attached hydrogens (tertiary/aromatic N) is 2. The van der Waals surface area contributed by atoms with E-state index in [0.29, 0.717) is 5.82 Å². The summed E-state index contributed by atoms with van der Waals surface area (Å²) in [6, 6.07) is 3.31. The predicted octanol–water partition coefficient (Wildman–Crippen LogP) is 1.86. The number of aromatic nitrogens is 2. The Bertz CT molecular complexity index is 360. The molecule has 0 aliphatic heterocycles. The van der Waals surface area contributed by atoms with Gasteiger partial charge in [0.1, 0.15) is 5.82 Å². The van der Waals surface area contributed by atoms with Gasteiger partial charge in [-0.1, -0.05) is 6.92 Å². The van der Waals surface area contributed by atoms with Crippen molar-refractivity contribution in [1.29, 1.82) is 0 Å². The Labute approximate surface area is 95.2 Å². The molecule has 1 N–H and O–H groups in total. The number of carbonyl (C=O) groups excluding carboxylic acids is 1. The second-order valence-corrected chi connectivity index (χ2v) is 4.16. The summed E-state index contributed by atoms with van der Waals surface area (Å²) in [5, 5.41) is 10.9. The Morgan fingerprint density at radius 2 is 2.12 bits per heavy atom. The molecule has 5 heteroatoms. The van der Waals surface area contributed by atoms with E-state index < -0.39 is 5.97 Å². The lowest BCUT2D eigenvalue weighted by atomic mass is 10.0. The monoisotopic (exact) mass is 223 g/mol. The molecule has 0 saturated carbocycles. The fourth-order valence-electron chi connectivity index (χ4n) is 1.05. The van der Waals surface area contributed by atoms with Crippen molar-refractivity contribution in [2.45, 2.75) is 32.7 Å². The average molecular weight is 223 g/mol. The minimum atomic E-state index is -0.478. The van der Waals surface area contributed by atoms with Crippen LogP contribution < -0.4 is 5.32 Å². The highest BCUT2D eigenvalue weighted by Gasteiger charge is 2.15. The van der Waals surface area contributed by atoms with Crippen LogP contribution in [0.2, 0.25) is 0 Å². The molecule has 0 bridgehead atoms. The van der Waals surface area contributed by atoms with Crippen molar-refractivity contribution >= 4 is 11.8 Å². The van der Waals surface area contributed by atoms with Crippen LogP contribution in [0, 0.1) is 0 Å². The molecule has 0 aliphatic carbocycles. The molecule has 0 saturated heterocycles. The Morgan fingerprint density at radius 3 is 2.56 bits per heavy atom. The van der Waals surface area contributed by atoms with E-state index in [1.54, 1.807) is 12.1 Å². The summed E-state index contributed by atoms with van der Waals surface area (Å²) in [6.07, 6.45) is 0.966. The lowest BCUT2D eigenvalue weighted by Gasteiger charge is -2.24. The molecule has 88 valence electrons. The molecule has 1 heterocycles. The largest absolute Gasteiger partial charge is 0.464 e. The van der Waals surface area contributed by atoms with Crippen LogP contribution in [-0.2, 0) is 4.74 Å². The number of rotatable bonds is 4. The van der Waals surface area contributed by atoms with Gasteiger partial charge in [-0.15, -0.1) is 10.2 Å². The predicted molar refractivity (Wildman–Crippen MR) is 61.4 cm³/mol. The van der Waals surface area contributed by atoms with Crippen LogP contribution in [0.4, 0.5) is 5.82 Å². The van der Waals surface area contributed by atoms with Crippen molar-refractivity contribution < 1.29 is 9.53 Å². The standard InChI is InChI=1S/C11H17N3O2/c1-5-11(2,3)12-9-7-6-8(13-14-9)10(15)16-4/h6-7H,5H2,1-4H3,(H,12,14). The third-order valence-electron chi connectivity index (χ3n) is 2.41. The van der Waals surface area contributed by atoms with Crippen molar-refractivity contribution in [3.63, 3.8) is 0 Å². The maximum Gasteiger partial charge on any atom is 0.358 e. The minimum absolute atomic E-state index is 0.0402. The number of ether oxygens (including phenoxy) is 1. The molecule has 0 radical (unpaired) electrons. The quantitative estimate of drug-likeness (QED) is 0.789. The van der Waals surface area contributed by atoms with Gasteiger partial charge in [-0.05, 0) is 32.4 Å². The third kappa shape index (κ3) is 3.18. The van der Waals surface area contributed by atoms with Crippen LogP contribution in [0.25, 0.3) is 0 Å².